The average Bonchev–Trinajstić information content (AvgIpc) is 2.73. The zero-order chi connectivity index (χ0) is 23.0. The smallest absolute Gasteiger partial charge is 0.271 e. The minimum atomic E-state index is -0.480. The molecular formula is C25H26N2O5. The van der Waals surface area contributed by atoms with Gasteiger partial charge in [-0.25, -0.2) is 0 Å². The van der Waals surface area contributed by atoms with Gasteiger partial charge in [-0.05, 0) is 42.5 Å². The van der Waals surface area contributed by atoms with Gasteiger partial charge in [0, 0.05) is 42.2 Å². The molecule has 32 heavy (non-hydrogen) atoms. The number of nitrogens with zero attached hydrogens (tertiary/aromatic N) is 2. The number of nitro groups is 1. The van der Waals surface area contributed by atoms with Crippen LogP contribution in [0.5, 0.6) is 5.75 Å². The molecule has 1 unspecified atom stereocenters. The number of hydrogen-bond acceptors (Lipinski definition) is 5. The van der Waals surface area contributed by atoms with Crippen LogP contribution in [-0.2, 0) is 9.59 Å². The van der Waals surface area contributed by atoms with Gasteiger partial charge in [-0.1, -0.05) is 32.0 Å². The van der Waals surface area contributed by atoms with Gasteiger partial charge in [-0.2, -0.15) is 0 Å². The Morgan fingerprint density at radius 2 is 1.84 bits per heavy atom. The highest BCUT2D eigenvalue weighted by Gasteiger charge is 2.44. The second-order valence-electron chi connectivity index (χ2n) is 9.07. The fourth-order valence-electron chi connectivity index (χ4n) is 4.71. The van der Waals surface area contributed by atoms with Crippen LogP contribution in [0.2, 0.25) is 0 Å². The first-order valence-electron chi connectivity index (χ1n) is 10.8. The largest absolute Gasteiger partial charge is 0.494 e. The zero-order valence-corrected chi connectivity index (χ0v) is 18.5. The molecule has 0 saturated carbocycles. The molecule has 4 rings (SSSR count). The molecule has 1 heterocycles. The molecule has 2 aromatic rings. The summed E-state index contributed by atoms with van der Waals surface area (Å²) < 4.78 is 5.52. The maximum Gasteiger partial charge on any atom is 0.271 e. The summed E-state index contributed by atoms with van der Waals surface area (Å²) in [7, 11) is 0. The van der Waals surface area contributed by atoms with Crippen molar-refractivity contribution in [1.29, 1.82) is 0 Å². The molecule has 0 radical (unpaired) electrons. The van der Waals surface area contributed by atoms with Gasteiger partial charge in [-0.3, -0.25) is 24.6 Å². The van der Waals surface area contributed by atoms with Crippen LogP contribution in [0.4, 0.5) is 11.4 Å². The number of anilines is 1. The van der Waals surface area contributed by atoms with Gasteiger partial charge in [0.25, 0.3) is 5.69 Å². The molecular weight excluding hydrogens is 408 g/mol. The van der Waals surface area contributed by atoms with Crippen LogP contribution < -0.4 is 9.64 Å². The number of benzene rings is 2. The van der Waals surface area contributed by atoms with Crippen molar-refractivity contribution in [2.24, 2.45) is 5.41 Å². The van der Waals surface area contributed by atoms with E-state index in [9.17, 15) is 19.7 Å². The molecule has 7 heteroatoms. The fourth-order valence-corrected chi connectivity index (χ4v) is 4.71. The second kappa shape index (κ2) is 8.22. The van der Waals surface area contributed by atoms with Crippen molar-refractivity contribution in [2.45, 2.75) is 46.0 Å². The Morgan fingerprint density at radius 1 is 1.12 bits per heavy atom. The molecule has 7 nitrogen and oxygen atoms in total. The molecule has 1 atom stereocenters. The lowest BCUT2D eigenvalue weighted by atomic mass is 9.69. The summed E-state index contributed by atoms with van der Waals surface area (Å²) >= 11 is 0. The van der Waals surface area contributed by atoms with Crippen LogP contribution in [0.1, 0.15) is 51.5 Å². The summed E-state index contributed by atoms with van der Waals surface area (Å²) in [6.07, 6.45) is 1.06. The third-order valence-electron chi connectivity index (χ3n) is 6.04. The molecule has 0 N–H and O–H groups in total. The van der Waals surface area contributed by atoms with Gasteiger partial charge in [0.1, 0.15) is 5.75 Å². The van der Waals surface area contributed by atoms with E-state index in [0.29, 0.717) is 36.4 Å². The first kappa shape index (κ1) is 21.7. The molecule has 1 aliphatic carbocycles. The van der Waals surface area contributed by atoms with Gasteiger partial charge >= 0.3 is 0 Å². The van der Waals surface area contributed by atoms with Crippen molar-refractivity contribution in [2.75, 3.05) is 11.5 Å². The van der Waals surface area contributed by atoms with Gasteiger partial charge in [-0.15, -0.1) is 0 Å². The third kappa shape index (κ3) is 4.02. The van der Waals surface area contributed by atoms with Crippen molar-refractivity contribution in [3.8, 4) is 5.75 Å². The van der Waals surface area contributed by atoms with E-state index in [2.05, 4.69) is 0 Å². The minimum Gasteiger partial charge on any atom is -0.494 e. The van der Waals surface area contributed by atoms with Gasteiger partial charge in [0.15, 0.2) is 5.78 Å². The van der Waals surface area contributed by atoms with E-state index in [1.54, 1.807) is 12.1 Å². The molecule has 0 spiro atoms. The second-order valence-corrected chi connectivity index (χ2v) is 9.07. The van der Waals surface area contributed by atoms with E-state index in [1.165, 1.54) is 17.0 Å². The van der Waals surface area contributed by atoms with Crippen molar-refractivity contribution >= 4 is 23.1 Å². The van der Waals surface area contributed by atoms with Crippen molar-refractivity contribution < 1.29 is 19.2 Å². The predicted molar refractivity (Wildman–Crippen MR) is 121 cm³/mol. The Balaban J connectivity index is 1.84. The van der Waals surface area contributed by atoms with Crippen LogP contribution in [-0.4, -0.2) is 23.2 Å². The standard InChI is InChI=1S/C25H26N2O5/c1-4-32-19-10-8-16(9-11-19)20-13-23(29)26(17-6-5-7-18(12-17)27(30)31)21-14-25(2,3)15-22(28)24(20)21/h5-12,20H,4,13-15H2,1-3H3. The Morgan fingerprint density at radius 3 is 2.50 bits per heavy atom. The Bertz CT molecular complexity index is 1120. The van der Waals surface area contributed by atoms with E-state index >= 15 is 0 Å². The first-order chi connectivity index (χ1) is 15.2. The summed E-state index contributed by atoms with van der Waals surface area (Å²) in [5.41, 5.74) is 2.21. The summed E-state index contributed by atoms with van der Waals surface area (Å²) in [5.74, 6) is 0.250. The Labute approximate surface area is 186 Å². The minimum absolute atomic E-state index is 0.0260. The monoisotopic (exact) mass is 434 g/mol. The fraction of sp³-hybridized carbons (Fsp3) is 0.360. The summed E-state index contributed by atoms with van der Waals surface area (Å²) in [5, 5.41) is 11.3. The molecule has 0 bridgehead atoms. The van der Waals surface area contributed by atoms with Crippen molar-refractivity contribution in [1.82, 2.24) is 0 Å². The lowest BCUT2D eigenvalue weighted by molar-refractivity contribution is -0.384. The van der Waals surface area contributed by atoms with Crippen molar-refractivity contribution in [3.05, 3.63) is 75.5 Å². The van der Waals surface area contributed by atoms with Gasteiger partial charge < -0.3 is 4.74 Å². The maximum atomic E-state index is 13.4. The Kier molecular flexibility index (Phi) is 5.59. The normalized spacial score (nSPS) is 20.2. The van der Waals surface area contributed by atoms with Crippen molar-refractivity contribution in [3.63, 3.8) is 0 Å². The zero-order valence-electron chi connectivity index (χ0n) is 18.5. The molecule has 0 saturated heterocycles. The van der Waals surface area contributed by atoms with E-state index in [-0.39, 0.29) is 35.1 Å². The molecule has 1 amide bonds. The molecule has 0 fully saturated rings. The van der Waals surface area contributed by atoms with E-state index in [1.807, 2.05) is 45.0 Å². The van der Waals surface area contributed by atoms with Crippen LogP contribution in [0.15, 0.2) is 59.8 Å². The van der Waals surface area contributed by atoms with E-state index in [4.69, 9.17) is 4.74 Å². The summed E-state index contributed by atoms with van der Waals surface area (Å²) in [6, 6.07) is 13.6. The highest BCUT2D eigenvalue weighted by molar-refractivity contribution is 6.07. The number of non-ortho nitro benzene ring substituents is 1. The number of rotatable bonds is 5. The van der Waals surface area contributed by atoms with Crippen LogP contribution in [0.25, 0.3) is 0 Å². The molecule has 0 aromatic heterocycles. The van der Waals surface area contributed by atoms with E-state index < -0.39 is 4.92 Å². The lowest BCUT2D eigenvalue weighted by Crippen LogP contribution is -2.43. The number of ketones is 1. The highest BCUT2D eigenvalue weighted by Crippen LogP contribution is 2.48. The van der Waals surface area contributed by atoms with Crippen LogP contribution in [0, 0.1) is 15.5 Å². The molecule has 2 aromatic carbocycles. The number of allylic oxidation sites excluding steroid dienone is 2. The number of Topliss-reactive ketones (excluding diaryl/α,β-unsaturated/α-hetero) is 1. The maximum absolute atomic E-state index is 13.4. The number of carbonyl (C=O) groups excluding carboxylic acids is 2. The van der Waals surface area contributed by atoms with Gasteiger partial charge in [0.05, 0.1) is 17.2 Å². The quantitative estimate of drug-likeness (QED) is 0.479. The van der Waals surface area contributed by atoms with Crippen LogP contribution in [0.3, 0.4) is 0 Å². The highest BCUT2D eigenvalue weighted by atomic mass is 16.6. The van der Waals surface area contributed by atoms with E-state index in [0.717, 1.165) is 11.3 Å². The van der Waals surface area contributed by atoms with Crippen LogP contribution >= 0.6 is 0 Å². The molecule has 1 aliphatic heterocycles. The number of amides is 1. The molecule has 166 valence electrons. The number of carbonyl (C=O) groups is 2. The first-order valence-corrected chi connectivity index (χ1v) is 10.8. The van der Waals surface area contributed by atoms with Gasteiger partial charge in [0.2, 0.25) is 5.91 Å². The summed E-state index contributed by atoms with van der Waals surface area (Å²) in [6.45, 7) is 6.48. The Hall–Kier alpha value is -3.48. The number of nitro benzene ring substituents is 1. The average molecular weight is 434 g/mol. The number of ether oxygens (including phenoxy) is 1. The summed E-state index contributed by atoms with van der Waals surface area (Å²) in [4.78, 5) is 39.0. The topological polar surface area (TPSA) is 89.8 Å². The third-order valence-corrected chi connectivity index (χ3v) is 6.04. The predicted octanol–water partition coefficient (Wildman–Crippen LogP) is 5.16. The number of hydrogen-bond donors (Lipinski definition) is 0. The molecule has 2 aliphatic rings. The lowest BCUT2D eigenvalue weighted by Gasteiger charge is -2.42. The SMILES string of the molecule is CCOc1ccc(C2CC(=O)N(c3cccc([N+](=O)[O-])c3)C3=C2C(=O)CC(C)(C)C3)cc1.